The lowest BCUT2D eigenvalue weighted by molar-refractivity contribution is -0.598. The lowest BCUT2D eigenvalue weighted by atomic mass is 10.0. The molecular weight excluding hydrogens is 829 g/mol. The summed E-state index contributed by atoms with van der Waals surface area (Å²) in [6.07, 6.45) is 7.67. The van der Waals surface area contributed by atoms with Gasteiger partial charge >= 0.3 is 11.9 Å². The number of rotatable bonds is 18. The summed E-state index contributed by atoms with van der Waals surface area (Å²) in [4.78, 5) is 54.9. The van der Waals surface area contributed by atoms with Gasteiger partial charge in [-0.25, -0.2) is 0 Å². The number of ether oxygens (including phenoxy) is 2. The Labute approximate surface area is 365 Å². The molecule has 0 N–H and O–H groups in total. The van der Waals surface area contributed by atoms with Crippen LogP contribution in [0.1, 0.15) is 66.6 Å². The van der Waals surface area contributed by atoms with Crippen LogP contribution >= 0.6 is 46.2 Å². The summed E-state index contributed by atoms with van der Waals surface area (Å²) in [5.74, 6) is 0.242. The first-order valence-corrected chi connectivity index (χ1v) is 23.0. The Bertz CT molecular complexity index is 2400. The molecule has 7 aromatic rings. The summed E-state index contributed by atoms with van der Waals surface area (Å²) in [6, 6.07) is 38.3. The van der Waals surface area contributed by atoms with Gasteiger partial charge in [0.05, 0.1) is 46.9 Å². The fraction of sp³-hybridized carbons (Fsp3) is 0.167. The van der Waals surface area contributed by atoms with E-state index in [1.807, 2.05) is 107 Å². The number of carbonyl (C=O) groups is 4. The number of ketones is 2. The number of benzene rings is 3. The van der Waals surface area contributed by atoms with E-state index >= 15 is 0 Å². The molecule has 7 rings (SSSR count). The van der Waals surface area contributed by atoms with Crippen LogP contribution in [0.25, 0.3) is 11.4 Å². The molecule has 3 aromatic carbocycles. The van der Waals surface area contributed by atoms with Crippen molar-refractivity contribution in [3.8, 4) is 11.4 Å². The zero-order chi connectivity index (χ0) is 41.8. The van der Waals surface area contributed by atoms with Crippen molar-refractivity contribution in [2.24, 2.45) is 0 Å². The summed E-state index contributed by atoms with van der Waals surface area (Å²) in [5.41, 5.74) is 6.23. The smallest absolute Gasteiger partial charge is 0.310 e. The van der Waals surface area contributed by atoms with Crippen LogP contribution in [0.2, 0.25) is 0 Å². The summed E-state index contributed by atoms with van der Waals surface area (Å²) in [5, 5.41) is 0. The normalized spacial score (nSPS) is 11.0. The minimum Gasteiger partial charge on any atom is -0.466 e. The maximum absolute atomic E-state index is 14.0. The van der Waals surface area contributed by atoms with E-state index in [4.69, 9.17) is 9.47 Å². The third kappa shape index (κ3) is 10.2. The number of carbonyl (C=O) groups excluding carboxylic acids is 4. The molecule has 12 heteroatoms. The van der Waals surface area contributed by atoms with Crippen LogP contribution in [-0.2, 0) is 43.4 Å². The van der Waals surface area contributed by atoms with Gasteiger partial charge in [-0.2, -0.15) is 9.13 Å². The molecule has 60 heavy (non-hydrogen) atoms. The van der Waals surface area contributed by atoms with Gasteiger partial charge in [0.2, 0.25) is 22.9 Å². The van der Waals surface area contributed by atoms with E-state index in [1.165, 1.54) is 22.7 Å². The van der Waals surface area contributed by atoms with Gasteiger partial charge in [0.25, 0.3) is 0 Å². The number of hydrogen-bond donors (Lipinski definition) is 0. The van der Waals surface area contributed by atoms with Gasteiger partial charge in [0, 0.05) is 46.9 Å². The lowest BCUT2D eigenvalue weighted by Crippen LogP contribution is -2.31. The average Bonchev–Trinajstić information content (AvgIpc) is 3.83. The van der Waals surface area contributed by atoms with E-state index in [0.29, 0.717) is 43.5 Å². The standard InChI is InChI=1S/C48H42N2O6S4/c1-3-55-39(51)29-37-41(49-25-13-7-14-26-49)47(59-45(37)43(53)35-17-9-5-10-18-35)57-31-33-21-23-34(24-22-33)32-58-48-42(50-27-15-8-16-28-50)38(30-40(52)56-4-2)46(60-48)44(54)36-19-11-6-12-20-36/h5-28H,3-4,29-32H2,1-2H3/q+2. The monoisotopic (exact) mass is 870 g/mol. The van der Waals surface area contributed by atoms with E-state index in [0.717, 1.165) is 30.9 Å². The van der Waals surface area contributed by atoms with Gasteiger partial charge < -0.3 is 9.47 Å². The molecule has 0 aliphatic heterocycles. The predicted molar refractivity (Wildman–Crippen MR) is 238 cm³/mol. The average molecular weight is 871 g/mol. The highest BCUT2D eigenvalue weighted by atomic mass is 32.2. The van der Waals surface area contributed by atoms with E-state index < -0.39 is 0 Å². The molecule has 0 unspecified atom stereocenters. The molecule has 0 spiro atoms. The van der Waals surface area contributed by atoms with E-state index in [1.54, 1.807) is 61.6 Å². The van der Waals surface area contributed by atoms with Crippen molar-refractivity contribution < 1.29 is 37.8 Å². The van der Waals surface area contributed by atoms with E-state index in [-0.39, 0.29) is 49.6 Å². The molecule has 0 amide bonds. The molecule has 4 aromatic heterocycles. The Morgan fingerprint density at radius 1 is 0.500 bits per heavy atom. The van der Waals surface area contributed by atoms with Crippen LogP contribution < -0.4 is 9.13 Å². The highest BCUT2D eigenvalue weighted by molar-refractivity contribution is 8.00. The van der Waals surface area contributed by atoms with Gasteiger partial charge in [-0.3, -0.25) is 19.2 Å². The molecule has 0 aliphatic rings. The molecule has 0 saturated heterocycles. The molecule has 0 bridgehead atoms. The maximum atomic E-state index is 14.0. The number of thiophene rings is 2. The Kier molecular flexibility index (Phi) is 14.5. The van der Waals surface area contributed by atoms with Crippen molar-refractivity contribution in [3.05, 3.63) is 189 Å². The van der Waals surface area contributed by atoms with Crippen LogP contribution in [0, 0.1) is 0 Å². The summed E-state index contributed by atoms with van der Waals surface area (Å²) < 4.78 is 16.5. The zero-order valence-electron chi connectivity index (χ0n) is 33.1. The third-order valence-electron chi connectivity index (χ3n) is 9.34. The highest BCUT2D eigenvalue weighted by Crippen LogP contribution is 2.41. The van der Waals surface area contributed by atoms with Crippen molar-refractivity contribution in [2.45, 2.75) is 46.6 Å². The fourth-order valence-electron chi connectivity index (χ4n) is 6.56. The molecule has 302 valence electrons. The van der Waals surface area contributed by atoms with Gasteiger partial charge in [0.1, 0.15) is 8.42 Å². The van der Waals surface area contributed by atoms with Gasteiger partial charge in [-0.1, -0.05) is 97.1 Å². The Hall–Kier alpha value is -5.66. The summed E-state index contributed by atoms with van der Waals surface area (Å²) in [6.45, 7) is 4.05. The Morgan fingerprint density at radius 2 is 0.850 bits per heavy atom. The first-order chi connectivity index (χ1) is 29.3. The van der Waals surface area contributed by atoms with Crippen LogP contribution in [0.4, 0.5) is 0 Å². The highest BCUT2D eigenvalue weighted by Gasteiger charge is 2.33. The van der Waals surface area contributed by atoms with Gasteiger partial charge in [-0.15, -0.1) is 46.2 Å². The number of thioether (sulfide) groups is 2. The first kappa shape index (κ1) is 42.5. The molecular formula is C48H42N2O6S4+2. The summed E-state index contributed by atoms with van der Waals surface area (Å²) >= 11 is 6.08. The van der Waals surface area contributed by atoms with Crippen molar-refractivity contribution in [1.29, 1.82) is 0 Å². The lowest BCUT2D eigenvalue weighted by Gasteiger charge is -2.06. The van der Waals surface area contributed by atoms with Crippen molar-refractivity contribution in [3.63, 3.8) is 0 Å². The Morgan fingerprint density at radius 3 is 1.20 bits per heavy atom. The number of pyridine rings is 2. The first-order valence-electron chi connectivity index (χ1n) is 19.4. The fourth-order valence-corrected chi connectivity index (χ4v) is 11.6. The van der Waals surface area contributed by atoms with Crippen LogP contribution in [0.15, 0.2) is 155 Å². The molecule has 4 heterocycles. The van der Waals surface area contributed by atoms with Crippen LogP contribution in [-0.4, -0.2) is 36.7 Å². The van der Waals surface area contributed by atoms with Gasteiger partial charge in [-0.05, 0) is 25.0 Å². The second-order valence-corrected chi connectivity index (χ2v) is 17.9. The van der Waals surface area contributed by atoms with E-state index in [2.05, 4.69) is 24.3 Å². The maximum Gasteiger partial charge on any atom is 0.310 e. The minimum atomic E-state index is -0.383. The molecule has 0 atom stereocenters. The minimum absolute atomic E-state index is 0.0244. The molecule has 0 fully saturated rings. The van der Waals surface area contributed by atoms with Crippen LogP contribution in [0.5, 0.6) is 0 Å². The SMILES string of the molecule is CCOC(=O)Cc1c(C(=O)c2ccccc2)sc(SCc2ccc(CSc3sc(C(=O)c4ccccc4)c(CC(=O)OCC)c3-[n+]3ccccc3)cc2)c1-[n+]1ccccc1. The zero-order valence-corrected chi connectivity index (χ0v) is 36.3. The molecule has 0 aliphatic carbocycles. The predicted octanol–water partition coefficient (Wildman–Crippen LogP) is 9.62. The Balaban J connectivity index is 1.15. The number of esters is 2. The van der Waals surface area contributed by atoms with Crippen LogP contribution in [0.3, 0.4) is 0 Å². The third-order valence-corrected chi connectivity index (χ3v) is 14.4. The van der Waals surface area contributed by atoms with Crippen molar-refractivity contribution in [2.75, 3.05) is 13.2 Å². The number of aromatic nitrogens is 2. The second-order valence-electron chi connectivity index (χ2n) is 13.4. The summed E-state index contributed by atoms with van der Waals surface area (Å²) in [7, 11) is 0. The van der Waals surface area contributed by atoms with Crippen molar-refractivity contribution in [1.82, 2.24) is 0 Å². The quantitative estimate of drug-likeness (QED) is 0.0365. The number of hydrogen-bond acceptors (Lipinski definition) is 10. The van der Waals surface area contributed by atoms with E-state index in [9.17, 15) is 19.2 Å². The number of nitrogens with zero attached hydrogens (tertiary/aromatic N) is 2. The van der Waals surface area contributed by atoms with Gasteiger partial charge in [0.15, 0.2) is 24.8 Å². The van der Waals surface area contributed by atoms with Crippen molar-refractivity contribution >= 4 is 69.7 Å². The molecule has 8 nitrogen and oxygen atoms in total. The molecule has 0 saturated carbocycles. The topological polar surface area (TPSA) is 94.5 Å². The molecule has 0 radical (unpaired) electrons. The second kappa shape index (κ2) is 20.5. The largest absolute Gasteiger partial charge is 0.466 e.